The lowest BCUT2D eigenvalue weighted by Crippen LogP contribution is -2.41. The van der Waals surface area contributed by atoms with Gasteiger partial charge in [0.05, 0.1) is 5.02 Å². The van der Waals surface area contributed by atoms with E-state index in [1.807, 2.05) is 18.2 Å². The fraction of sp³-hybridized carbons (Fsp3) is 0.375. The van der Waals surface area contributed by atoms with Crippen molar-refractivity contribution in [1.29, 1.82) is 0 Å². The highest BCUT2D eigenvalue weighted by atomic mass is 35.5. The van der Waals surface area contributed by atoms with Gasteiger partial charge in [0.15, 0.2) is 0 Å². The van der Waals surface area contributed by atoms with Crippen molar-refractivity contribution >= 4 is 17.5 Å². The van der Waals surface area contributed by atoms with E-state index >= 15 is 0 Å². The summed E-state index contributed by atoms with van der Waals surface area (Å²) in [7, 11) is 1.78. The summed E-state index contributed by atoms with van der Waals surface area (Å²) in [6.45, 7) is 3.26. The number of carbonyl (C=O) groups excluding carboxylic acids is 1. The van der Waals surface area contributed by atoms with Crippen LogP contribution in [0.2, 0.25) is 5.02 Å². The molecule has 6 nitrogen and oxygen atoms in total. The SMILES string of the molecule is Cc1onc(-c2ccccc2Cl)c1C(=O)N(C)CC1CCNN1. The smallest absolute Gasteiger partial charge is 0.259 e. The molecule has 0 aliphatic carbocycles. The monoisotopic (exact) mass is 334 g/mol. The van der Waals surface area contributed by atoms with Gasteiger partial charge in [0.1, 0.15) is 17.0 Å². The van der Waals surface area contributed by atoms with Gasteiger partial charge in [0.2, 0.25) is 0 Å². The molecular formula is C16H19ClN4O2. The van der Waals surface area contributed by atoms with Gasteiger partial charge in [-0.15, -0.1) is 0 Å². The average molecular weight is 335 g/mol. The summed E-state index contributed by atoms with van der Waals surface area (Å²) in [6, 6.07) is 7.54. The Hall–Kier alpha value is -1.89. The van der Waals surface area contributed by atoms with Crippen LogP contribution in [0.25, 0.3) is 11.3 Å². The lowest BCUT2D eigenvalue weighted by molar-refractivity contribution is 0.0782. The molecule has 2 heterocycles. The Morgan fingerprint density at radius 2 is 2.26 bits per heavy atom. The highest BCUT2D eigenvalue weighted by molar-refractivity contribution is 6.33. The Morgan fingerprint density at radius 1 is 1.48 bits per heavy atom. The van der Waals surface area contributed by atoms with Crippen molar-refractivity contribution in [2.45, 2.75) is 19.4 Å². The first-order chi connectivity index (χ1) is 11.1. The number of likely N-dealkylation sites (N-methyl/N-ethyl adjacent to an activating group) is 1. The first-order valence-corrected chi connectivity index (χ1v) is 7.90. The van der Waals surface area contributed by atoms with Crippen LogP contribution in [0.15, 0.2) is 28.8 Å². The molecule has 7 heteroatoms. The number of benzene rings is 1. The minimum Gasteiger partial charge on any atom is -0.360 e. The van der Waals surface area contributed by atoms with Crippen molar-refractivity contribution in [2.24, 2.45) is 0 Å². The first-order valence-electron chi connectivity index (χ1n) is 7.53. The number of nitrogens with zero attached hydrogens (tertiary/aromatic N) is 2. The van der Waals surface area contributed by atoms with E-state index < -0.39 is 0 Å². The third kappa shape index (κ3) is 3.24. The largest absolute Gasteiger partial charge is 0.360 e. The third-order valence-corrected chi connectivity index (χ3v) is 4.30. The summed E-state index contributed by atoms with van der Waals surface area (Å²) in [5, 5.41) is 4.59. The minimum absolute atomic E-state index is 0.118. The zero-order valence-corrected chi connectivity index (χ0v) is 13.9. The Bertz CT molecular complexity index is 710. The van der Waals surface area contributed by atoms with Gasteiger partial charge in [-0.3, -0.25) is 15.6 Å². The van der Waals surface area contributed by atoms with Crippen molar-refractivity contribution in [2.75, 3.05) is 20.1 Å². The molecular weight excluding hydrogens is 316 g/mol. The molecule has 0 spiro atoms. The second kappa shape index (κ2) is 6.70. The van der Waals surface area contributed by atoms with Gasteiger partial charge >= 0.3 is 0 Å². The van der Waals surface area contributed by atoms with Crippen molar-refractivity contribution < 1.29 is 9.32 Å². The minimum atomic E-state index is -0.118. The molecule has 0 saturated carbocycles. The van der Waals surface area contributed by atoms with Crippen LogP contribution >= 0.6 is 11.6 Å². The zero-order valence-electron chi connectivity index (χ0n) is 13.1. The summed E-state index contributed by atoms with van der Waals surface area (Å²) >= 11 is 6.24. The molecule has 1 aromatic carbocycles. The highest BCUT2D eigenvalue weighted by Crippen LogP contribution is 2.31. The van der Waals surface area contributed by atoms with Crippen molar-refractivity contribution in [3.05, 3.63) is 40.6 Å². The van der Waals surface area contributed by atoms with Gasteiger partial charge in [-0.1, -0.05) is 35.0 Å². The van der Waals surface area contributed by atoms with Crippen LogP contribution in [0, 0.1) is 6.92 Å². The normalized spacial score (nSPS) is 17.4. The van der Waals surface area contributed by atoms with Gasteiger partial charge in [0.25, 0.3) is 5.91 Å². The number of hydrazine groups is 1. The van der Waals surface area contributed by atoms with Crippen LogP contribution in [-0.4, -0.2) is 42.1 Å². The van der Waals surface area contributed by atoms with E-state index in [0.29, 0.717) is 34.1 Å². The van der Waals surface area contributed by atoms with Gasteiger partial charge < -0.3 is 9.42 Å². The standard InChI is InChI=1S/C16H19ClN4O2/c1-10-14(16(22)21(2)9-11-7-8-18-19-11)15(20-23-10)12-5-3-4-6-13(12)17/h3-6,11,18-19H,7-9H2,1-2H3. The molecule has 0 radical (unpaired) electrons. The lowest BCUT2D eigenvalue weighted by Gasteiger charge is -2.21. The fourth-order valence-electron chi connectivity index (χ4n) is 2.74. The number of halogens is 1. The Morgan fingerprint density at radius 3 is 2.96 bits per heavy atom. The first kappa shape index (κ1) is 16.0. The average Bonchev–Trinajstić information content (AvgIpc) is 3.17. The van der Waals surface area contributed by atoms with Crippen LogP contribution in [0.4, 0.5) is 0 Å². The van der Waals surface area contributed by atoms with Crippen LogP contribution in [0.5, 0.6) is 0 Å². The number of rotatable bonds is 4. The van der Waals surface area contributed by atoms with Gasteiger partial charge in [-0.25, -0.2) is 0 Å². The summed E-state index contributed by atoms with van der Waals surface area (Å²) in [5.74, 6) is 0.377. The number of hydrogen-bond acceptors (Lipinski definition) is 5. The fourth-order valence-corrected chi connectivity index (χ4v) is 2.96. The van der Waals surface area contributed by atoms with Crippen molar-refractivity contribution in [3.63, 3.8) is 0 Å². The van der Waals surface area contributed by atoms with Gasteiger partial charge in [-0.2, -0.15) is 0 Å². The Labute approximate surface area is 139 Å². The van der Waals surface area contributed by atoms with Crippen molar-refractivity contribution in [3.8, 4) is 11.3 Å². The van der Waals surface area contributed by atoms with Crippen LogP contribution in [-0.2, 0) is 0 Å². The second-order valence-corrected chi connectivity index (χ2v) is 6.09. The molecule has 2 aromatic rings. The molecule has 1 amide bonds. The maximum atomic E-state index is 12.9. The number of aromatic nitrogens is 1. The van der Waals surface area contributed by atoms with Crippen LogP contribution < -0.4 is 10.9 Å². The molecule has 1 aromatic heterocycles. The van der Waals surface area contributed by atoms with E-state index in [-0.39, 0.29) is 11.9 Å². The number of nitrogens with one attached hydrogen (secondary N) is 2. The highest BCUT2D eigenvalue weighted by Gasteiger charge is 2.27. The van der Waals surface area contributed by atoms with E-state index in [0.717, 1.165) is 13.0 Å². The third-order valence-electron chi connectivity index (χ3n) is 3.97. The second-order valence-electron chi connectivity index (χ2n) is 5.68. The maximum absolute atomic E-state index is 12.9. The Balaban J connectivity index is 1.88. The number of carbonyl (C=O) groups is 1. The van der Waals surface area contributed by atoms with Crippen LogP contribution in [0.3, 0.4) is 0 Å². The van der Waals surface area contributed by atoms with E-state index in [4.69, 9.17) is 16.1 Å². The van der Waals surface area contributed by atoms with E-state index in [9.17, 15) is 4.79 Å². The predicted octanol–water partition coefficient (Wildman–Crippen LogP) is 2.24. The molecule has 23 heavy (non-hydrogen) atoms. The number of aryl methyl sites for hydroxylation is 1. The molecule has 1 aliphatic heterocycles. The van der Waals surface area contributed by atoms with Crippen molar-refractivity contribution in [1.82, 2.24) is 20.9 Å². The van der Waals surface area contributed by atoms with Gasteiger partial charge in [-0.05, 0) is 19.4 Å². The molecule has 0 bridgehead atoms. The number of hydrogen-bond donors (Lipinski definition) is 2. The zero-order chi connectivity index (χ0) is 16.4. The maximum Gasteiger partial charge on any atom is 0.259 e. The molecule has 3 rings (SSSR count). The molecule has 2 N–H and O–H groups in total. The summed E-state index contributed by atoms with van der Waals surface area (Å²) in [4.78, 5) is 14.5. The molecule has 122 valence electrons. The number of amides is 1. The van der Waals surface area contributed by atoms with E-state index in [2.05, 4.69) is 16.0 Å². The van der Waals surface area contributed by atoms with Crippen LogP contribution in [0.1, 0.15) is 22.5 Å². The quantitative estimate of drug-likeness (QED) is 0.897. The molecule has 1 fully saturated rings. The summed E-state index contributed by atoms with van der Waals surface area (Å²) in [6.07, 6.45) is 0.984. The summed E-state index contributed by atoms with van der Waals surface area (Å²) in [5.41, 5.74) is 7.88. The molecule has 1 atom stereocenters. The Kier molecular flexibility index (Phi) is 4.66. The molecule has 1 aliphatic rings. The molecule has 1 unspecified atom stereocenters. The van der Waals surface area contributed by atoms with E-state index in [1.165, 1.54) is 0 Å². The molecule has 1 saturated heterocycles. The lowest BCUT2D eigenvalue weighted by atomic mass is 10.0. The summed E-state index contributed by atoms with van der Waals surface area (Å²) < 4.78 is 5.26. The predicted molar refractivity (Wildman–Crippen MR) is 88.2 cm³/mol. The topological polar surface area (TPSA) is 70.4 Å². The van der Waals surface area contributed by atoms with Gasteiger partial charge in [0, 0.05) is 31.7 Å². The van der Waals surface area contributed by atoms with E-state index in [1.54, 1.807) is 24.9 Å².